The number of benzene rings is 1. The van der Waals surface area contributed by atoms with Gasteiger partial charge in [-0.25, -0.2) is 9.36 Å². The Bertz CT molecular complexity index is 1490. The maximum absolute atomic E-state index is 13.7. The van der Waals surface area contributed by atoms with Crippen molar-refractivity contribution in [2.24, 2.45) is 0 Å². The van der Waals surface area contributed by atoms with Crippen LogP contribution in [0.25, 0.3) is 22.8 Å². The summed E-state index contributed by atoms with van der Waals surface area (Å²) in [4.78, 5) is 18.1. The summed E-state index contributed by atoms with van der Waals surface area (Å²) in [5, 5.41) is 8.75. The van der Waals surface area contributed by atoms with Gasteiger partial charge in [-0.2, -0.15) is 32.7 Å². The molecule has 0 spiro atoms. The molecule has 0 atom stereocenters. The average Bonchev–Trinajstić information content (AvgIpc) is 3.46. The number of anilines is 1. The minimum atomic E-state index is -4.19. The summed E-state index contributed by atoms with van der Waals surface area (Å²) >= 11 is 0. The lowest BCUT2D eigenvalue weighted by molar-refractivity contribution is -0.172. The van der Waals surface area contributed by atoms with Gasteiger partial charge in [0.1, 0.15) is 11.5 Å². The monoisotopic (exact) mass is 516 g/mol. The summed E-state index contributed by atoms with van der Waals surface area (Å²) in [6.45, 7) is -2.37. The highest BCUT2D eigenvalue weighted by Crippen LogP contribution is 2.42. The van der Waals surface area contributed by atoms with Crippen molar-refractivity contribution in [2.45, 2.75) is 11.8 Å². The van der Waals surface area contributed by atoms with Crippen LogP contribution < -0.4 is 19.8 Å². The normalized spacial score (nSPS) is 16.1. The van der Waals surface area contributed by atoms with Crippen LogP contribution in [0, 0.1) is 0 Å². The molecular formula is C24H20F4N6O3. The van der Waals surface area contributed by atoms with E-state index in [2.05, 4.69) is 15.2 Å². The second kappa shape index (κ2) is 8.91. The average molecular weight is 516 g/mol. The Labute approximate surface area is 207 Å². The molecule has 0 amide bonds. The molecule has 1 saturated heterocycles. The minimum absolute atomic E-state index is 0.00524. The van der Waals surface area contributed by atoms with Gasteiger partial charge in [0.15, 0.2) is 11.4 Å². The zero-order chi connectivity index (χ0) is 26.4. The zero-order valence-electron chi connectivity index (χ0n) is 19.6. The highest BCUT2D eigenvalue weighted by molar-refractivity contribution is 5.60. The van der Waals surface area contributed by atoms with Crippen molar-refractivity contribution in [3.63, 3.8) is 0 Å². The van der Waals surface area contributed by atoms with E-state index in [1.165, 1.54) is 43.4 Å². The van der Waals surface area contributed by atoms with Crippen molar-refractivity contribution in [3.8, 4) is 34.4 Å². The number of halogens is 4. The van der Waals surface area contributed by atoms with E-state index in [9.17, 15) is 22.4 Å². The van der Waals surface area contributed by atoms with E-state index in [0.29, 0.717) is 11.4 Å². The second-order valence-electron chi connectivity index (χ2n) is 8.25. The smallest absolute Gasteiger partial charge is 0.329 e. The second-order valence-corrected chi connectivity index (χ2v) is 8.25. The Morgan fingerprint density at radius 3 is 2.27 bits per heavy atom. The van der Waals surface area contributed by atoms with Crippen LogP contribution in [0.1, 0.15) is 0 Å². The Morgan fingerprint density at radius 2 is 1.62 bits per heavy atom. The van der Waals surface area contributed by atoms with Crippen molar-refractivity contribution >= 4 is 5.82 Å². The molecule has 1 aliphatic heterocycles. The molecule has 0 saturated carbocycles. The van der Waals surface area contributed by atoms with Gasteiger partial charge in [-0.05, 0) is 30.3 Å². The fourth-order valence-electron chi connectivity index (χ4n) is 4.02. The molecule has 9 nitrogen and oxygen atoms in total. The lowest BCUT2D eigenvalue weighted by Crippen LogP contribution is -2.38. The summed E-state index contributed by atoms with van der Waals surface area (Å²) in [5.41, 5.74) is 0.802. The maximum Gasteiger partial charge on any atom is 0.329 e. The van der Waals surface area contributed by atoms with Crippen molar-refractivity contribution in [3.05, 3.63) is 71.1 Å². The number of methoxy groups -OCH3 is 2. The third kappa shape index (κ3) is 4.15. The number of para-hydroxylation sites is 1. The zero-order valence-corrected chi connectivity index (χ0v) is 19.6. The van der Waals surface area contributed by atoms with Crippen LogP contribution in [-0.4, -0.2) is 63.7 Å². The van der Waals surface area contributed by atoms with Crippen molar-refractivity contribution < 1.29 is 27.0 Å². The number of ether oxygens (including phenoxy) is 2. The van der Waals surface area contributed by atoms with Gasteiger partial charge < -0.3 is 14.4 Å². The van der Waals surface area contributed by atoms with Gasteiger partial charge in [0.25, 0.3) is 5.43 Å². The first-order valence-electron chi connectivity index (χ1n) is 11.0. The molecule has 4 heterocycles. The molecular weight excluding hydrogens is 496 g/mol. The van der Waals surface area contributed by atoms with Gasteiger partial charge >= 0.3 is 11.8 Å². The number of rotatable bonds is 6. The van der Waals surface area contributed by atoms with E-state index < -0.39 is 30.4 Å². The molecule has 37 heavy (non-hydrogen) atoms. The van der Waals surface area contributed by atoms with Crippen LogP contribution >= 0.6 is 0 Å². The van der Waals surface area contributed by atoms with Crippen LogP contribution in [0.3, 0.4) is 0 Å². The molecule has 192 valence electrons. The fraction of sp³-hybridized carbons (Fsp3) is 0.250. The van der Waals surface area contributed by atoms with E-state index in [-0.39, 0.29) is 28.8 Å². The van der Waals surface area contributed by atoms with Gasteiger partial charge in [-0.3, -0.25) is 4.79 Å². The minimum Gasteiger partial charge on any atom is -0.491 e. The van der Waals surface area contributed by atoms with Crippen LogP contribution in [0.2, 0.25) is 0 Å². The molecule has 0 bridgehead atoms. The Hall–Kier alpha value is -4.42. The highest BCUT2D eigenvalue weighted by Gasteiger charge is 2.63. The van der Waals surface area contributed by atoms with Crippen molar-refractivity contribution in [2.75, 3.05) is 32.2 Å². The number of nitrogens with zero attached hydrogens (tertiary/aromatic N) is 6. The molecule has 1 aromatic carbocycles. The van der Waals surface area contributed by atoms with E-state index in [1.807, 2.05) is 30.3 Å². The number of hydrogen-bond donors (Lipinski definition) is 0. The lowest BCUT2D eigenvalue weighted by Gasteiger charge is -2.19. The number of alkyl halides is 4. The van der Waals surface area contributed by atoms with Crippen molar-refractivity contribution in [1.82, 2.24) is 24.5 Å². The quantitative estimate of drug-likeness (QED) is 0.362. The van der Waals surface area contributed by atoms with E-state index in [1.54, 1.807) is 10.7 Å². The third-order valence-corrected chi connectivity index (χ3v) is 5.90. The van der Waals surface area contributed by atoms with Crippen LogP contribution in [0.4, 0.5) is 23.4 Å². The van der Waals surface area contributed by atoms with E-state index in [4.69, 9.17) is 9.47 Å². The summed E-state index contributed by atoms with van der Waals surface area (Å²) in [5.74, 6) is -8.63. The van der Waals surface area contributed by atoms with E-state index >= 15 is 0 Å². The molecule has 5 rings (SSSR count). The summed E-state index contributed by atoms with van der Waals surface area (Å²) in [6.07, 6.45) is 2.83. The van der Waals surface area contributed by atoms with E-state index in [0.717, 1.165) is 4.90 Å². The predicted octanol–water partition coefficient (Wildman–Crippen LogP) is 3.59. The first-order chi connectivity index (χ1) is 17.6. The van der Waals surface area contributed by atoms with Gasteiger partial charge in [0, 0.05) is 0 Å². The number of hydrogen-bond acceptors (Lipinski definition) is 7. The van der Waals surface area contributed by atoms with Crippen LogP contribution in [-0.2, 0) is 0 Å². The van der Waals surface area contributed by atoms with Crippen molar-refractivity contribution in [1.29, 1.82) is 0 Å². The SMILES string of the molecule is COc1nc(N2CC(F)(F)C(F)(F)C2)ccc1-n1cc(OC)c(=O)c(-c2ccnn2-c2ccccc2)n1. The molecule has 0 unspecified atom stereocenters. The largest absolute Gasteiger partial charge is 0.491 e. The molecule has 1 aliphatic rings. The molecule has 0 radical (unpaired) electrons. The van der Waals surface area contributed by atoms with Gasteiger partial charge in [-0.1, -0.05) is 18.2 Å². The third-order valence-electron chi connectivity index (χ3n) is 5.90. The summed E-state index contributed by atoms with van der Waals surface area (Å²) < 4.78 is 68.3. The lowest BCUT2D eigenvalue weighted by atomic mass is 10.2. The van der Waals surface area contributed by atoms with Gasteiger partial charge in [0.05, 0.1) is 51.1 Å². The number of aromatic nitrogens is 5. The predicted molar refractivity (Wildman–Crippen MR) is 125 cm³/mol. The molecule has 0 N–H and O–H groups in total. The molecule has 0 aliphatic carbocycles. The van der Waals surface area contributed by atoms with Crippen LogP contribution in [0.15, 0.2) is 65.7 Å². The van der Waals surface area contributed by atoms with Gasteiger partial charge in [-0.15, -0.1) is 0 Å². The fourth-order valence-corrected chi connectivity index (χ4v) is 4.02. The Kier molecular flexibility index (Phi) is 5.85. The molecule has 3 aromatic heterocycles. The van der Waals surface area contributed by atoms with Crippen LogP contribution in [0.5, 0.6) is 11.6 Å². The first-order valence-corrected chi connectivity index (χ1v) is 11.0. The Balaban J connectivity index is 1.60. The first kappa shape index (κ1) is 24.3. The highest BCUT2D eigenvalue weighted by atomic mass is 19.3. The standard InChI is InChI=1S/C24H20F4N6O3/c1-36-18-12-33(31-20(21(18)35)16-10-11-29-34(16)15-6-4-3-5-7-15)17-8-9-19(30-22(17)37-2)32-13-23(25,26)24(27,28)14-32/h3-12H,13-14H2,1-2H3. The Morgan fingerprint density at radius 1 is 0.919 bits per heavy atom. The topological polar surface area (TPSA) is 87.3 Å². The molecule has 13 heteroatoms. The molecule has 4 aromatic rings. The number of pyridine rings is 1. The van der Waals surface area contributed by atoms with Gasteiger partial charge in [0.2, 0.25) is 5.88 Å². The maximum atomic E-state index is 13.7. The molecule has 1 fully saturated rings. The summed E-state index contributed by atoms with van der Waals surface area (Å²) in [6, 6.07) is 13.5. The summed E-state index contributed by atoms with van der Waals surface area (Å²) in [7, 11) is 2.61.